The minimum absolute atomic E-state index is 0.0550. The van der Waals surface area contributed by atoms with Crippen LogP contribution in [0.3, 0.4) is 0 Å². The number of aryl methyl sites for hydroxylation is 1. The molecule has 30 heavy (non-hydrogen) atoms. The molecule has 1 heterocycles. The smallest absolute Gasteiger partial charge is 0.167 e. The number of halogens is 3. The predicted octanol–water partition coefficient (Wildman–Crippen LogP) is 7.71. The van der Waals surface area contributed by atoms with E-state index in [1.807, 2.05) is 12.1 Å². The minimum atomic E-state index is -0.910. The maximum atomic E-state index is 15.4. The average Bonchev–Trinajstić information content (AvgIpc) is 2.74. The van der Waals surface area contributed by atoms with Gasteiger partial charge in [0.05, 0.1) is 12.7 Å². The van der Waals surface area contributed by atoms with Crippen molar-refractivity contribution in [2.45, 2.75) is 70.3 Å². The molecule has 1 fully saturated rings. The van der Waals surface area contributed by atoms with Gasteiger partial charge in [-0.05, 0) is 66.8 Å². The van der Waals surface area contributed by atoms with E-state index < -0.39 is 17.5 Å². The Hall–Kier alpha value is -2.07. The van der Waals surface area contributed by atoms with Gasteiger partial charge in [0, 0.05) is 17.0 Å². The maximum absolute atomic E-state index is 15.4. The lowest BCUT2D eigenvalue weighted by Gasteiger charge is -2.32. The number of benzene rings is 2. The summed E-state index contributed by atoms with van der Waals surface area (Å²) in [6.45, 7) is 6.27. The minimum Gasteiger partial charge on any atom is -0.378 e. The van der Waals surface area contributed by atoms with Crippen LogP contribution in [-0.2, 0) is 11.2 Å². The fraction of sp³-hybridized carbons (Fsp3) is 0.462. The maximum Gasteiger partial charge on any atom is 0.167 e. The summed E-state index contributed by atoms with van der Waals surface area (Å²) in [5.41, 5.74) is 2.58. The van der Waals surface area contributed by atoms with Gasteiger partial charge in [-0.2, -0.15) is 0 Å². The van der Waals surface area contributed by atoms with Gasteiger partial charge < -0.3 is 4.74 Å². The second-order valence-corrected chi connectivity index (χ2v) is 8.53. The molecule has 1 aliphatic carbocycles. The van der Waals surface area contributed by atoms with Crippen LogP contribution in [0.15, 0.2) is 30.9 Å². The Bertz CT molecular complexity index is 942. The molecule has 0 aromatic heterocycles. The molecule has 1 saturated heterocycles. The van der Waals surface area contributed by atoms with E-state index in [1.54, 1.807) is 12.1 Å². The first kappa shape index (κ1) is 21.2. The van der Waals surface area contributed by atoms with Crippen LogP contribution in [0.4, 0.5) is 13.2 Å². The fourth-order valence-electron chi connectivity index (χ4n) is 4.78. The molecule has 160 valence electrons. The van der Waals surface area contributed by atoms with Gasteiger partial charge in [-0.25, -0.2) is 13.2 Å². The average molecular weight is 415 g/mol. The van der Waals surface area contributed by atoms with E-state index in [-0.39, 0.29) is 23.1 Å². The van der Waals surface area contributed by atoms with E-state index >= 15 is 4.39 Å². The normalized spacial score (nSPS) is 19.7. The Labute approximate surface area is 177 Å². The summed E-state index contributed by atoms with van der Waals surface area (Å²) < 4.78 is 50.7. The topological polar surface area (TPSA) is 9.23 Å². The van der Waals surface area contributed by atoms with Crippen LogP contribution in [0.5, 0.6) is 0 Å². The molecule has 2 unspecified atom stereocenters. The molecule has 2 aromatic carbocycles. The van der Waals surface area contributed by atoms with Crippen molar-refractivity contribution in [3.63, 3.8) is 0 Å². The van der Waals surface area contributed by atoms with Crippen molar-refractivity contribution in [3.05, 3.63) is 59.4 Å². The molecular weight excluding hydrogens is 385 g/mol. The number of hydrogen-bond donors (Lipinski definition) is 0. The van der Waals surface area contributed by atoms with Gasteiger partial charge in [0.2, 0.25) is 0 Å². The lowest BCUT2D eigenvalue weighted by Crippen LogP contribution is -2.25. The van der Waals surface area contributed by atoms with E-state index in [2.05, 4.69) is 13.5 Å². The molecule has 0 N–H and O–H groups in total. The summed E-state index contributed by atoms with van der Waals surface area (Å²) >= 11 is 0. The third-order valence-corrected chi connectivity index (χ3v) is 6.55. The molecule has 0 radical (unpaired) electrons. The summed E-state index contributed by atoms with van der Waals surface area (Å²) in [7, 11) is 0. The monoisotopic (exact) mass is 414 g/mol. The highest BCUT2D eigenvalue weighted by Crippen LogP contribution is 2.52. The Balaban J connectivity index is 1.56. The Morgan fingerprint density at radius 1 is 1.03 bits per heavy atom. The van der Waals surface area contributed by atoms with Crippen LogP contribution >= 0.6 is 0 Å². The molecule has 2 aromatic rings. The second-order valence-electron chi connectivity index (χ2n) is 8.53. The van der Waals surface area contributed by atoms with Crippen LogP contribution in [0.1, 0.15) is 68.9 Å². The zero-order chi connectivity index (χ0) is 21.3. The van der Waals surface area contributed by atoms with Crippen molar-refractivity contribution in [2.24, 2.45) is 0 Å². The number of allylic oxidation sites excluding steroid dienone is 1. The van der Waals surface area contributed by atoms with Crippen molar-refractivity contribution < 1.29 is 17.9 Å². The molecular formula is C26H29F3O. The van der Waals surface area contributed by atoms with Gasteiger partial charge in [-0.15, -0.1) is 6.58 Å². The molecule has 4 rings (SSSR count). The van der Waals surface area contributed by atoms with Crippen LogP contribution in [0.2, 0.25) is 0 Å². The molecule has 2 atom stereocenters. The molecule has 2 aliphatic rings. The highest BCUT2D eigenvalue weighted by Gasteiger charge is 2.35. The molecule has 4 heteroatoms. The van der Waals surface area contributed by atoms with E-state index in [1.165, 1.54) is 0 Å². The van der Waals surface area contributed by atoms with Crippen molar-refractivity contribution in [1.29, 1.82) is 0 Å². The quantitative estimate of drug-likeness (QED) is 0.271. The standard InChI is InChI=1S/C26H29F3O/c1-3-5-7-8-16-14-21-20-13-12-19(17-10-11-18(30-15-17)9-6-4-2)25(28)22(20)23(21)26(29)24(16)27/h4,12-14,17-18H,2-3,5-11,15H2,1H3. The van der Waals surface area contributed by atoms with Crippen molar-refractivity contribution in [1.82, 2.24) is 0 Å². The zero-order valence-corrected chi connectivity index (χ0v) is 17.6. The number of unbranched alkanes of at least 4 members (excludes halogenated alkanes) is 2. The molecule has 0 spiro atoms. The highest BCUT2D eigenvalue weighted by atomic mass is 19.2. The fourth-order valence-corrected chi connectivity index (χ4v) is 4.78. The SMILES string of the molecule is C=CCCC1CCC(c2ccc3c(c2F)-c2c-3cc(CCCCC)c(F)c2F)CO1. The largest absolute Gasteiger partial charge is 0.378 e. The third-order valence-electron chi connectivity index (χ3n) is 6.55. The van der Waals surface area contributed by atoms with E-state index in [0.717, 1.165) is 44.9 Å². The van der Waals surface area contributed by atoms with E-state index in [0.29, 0.717) is 35.3 Å². The van der Waals surface area contributed by atoms with Gasteiger partial charge >= 0.3 is 0 Å². The van der Waals surface area contributed by atoms with Crippen LogP contribution in [0.25, 0.3) is 22.3 Å². The van der Waals surface area contributed by atoms with Crippen molar-refractivity contribution in [2.75, 3.05) is 6.61 Å². The van der Waals surface area contributed by atoms with Gasteiger partial charge in [-0.3, -0.25) is 0 Å². The third kappa shape index (κ3) is 3.71. The highest BCUT2D eigenvalue weighted by molar-refractivity contribution is 6.03. The molecule has 0 saturated carbocycles. The van der Waals surface area contributed by atoms with Gasteiger partial charge in [0.1, 0.15) is 5.82 Å². The van der Waals surface area contributed by atoms with Crippen LogP contribution in [0, 0.1) is 17.5 Å². The Morgan fingerprint density at radius 2 is 1.83 bits per heavy atom. The Kier molecular flexibility index (Phi) is 6.33. The van der Waals surface area contributed by atoms with Crippen molar-refractivity contribution in [3.8, 4) is 22.3 Å². The first-order valence-corrected chi connectivity index (χ1v) is 11.1. The predicted molar refractivity (Wildman–Crippen MR) is 115 cm³/mol. The molecule has 0 amide bonds. The summed E-state index contributed by atoms with van der Waals surface area (Å²) in [5.74, 6) is -2.21. The zero-order valence-electron chi connectivity index (χ0n) is 17.6. The van der Waals surface area contributed by atoms with Gasteiger partial charge in [-0.1, -0.05) is 38.0 Å². The number of rotatable bonds is 8. The summed E-state index contributed by atoms with van der Waals surface area (Å²) in [6.07, 6.45) is 8.93. The lowest BCUT2D eigenvalue weighted by atomic mass is 9.76. The number of hydrogen-bond acceptors (Lipinski definition) is 1. The summed E-state index contributed by atoms with van der Waals surface area (Å²) in [6, 6.07) is 5.36. The van der Waals surface area contributed by atoms with Crippen molar-refractivity contribution >= 4 is 0 Å². The van der Waals surface area contributed by atoms with Crippen LogP contribution < -0.4 is 0 Å². The number of ether oxygens (including phenoxy) is 1. The van der Waals surface area contributed by atoms with Crippen LogP contribution in [-0.4, -0.2) is 12.7 Å². The summed E-state index contributed by atoms with van der Waals surface area (Å²) in [4.78, 5) is 0. The Morgan fingerprint density at radius 3 is 2.53 bits per heavy atom. The molecule has 1 aliphatic heterocycles. The van der Waals surface area contributed by atoms with E-state index in [9.17, 15) is 8.78 Å². The van der Waals surface area contributed by atoms with E-state index in [4.69, 9.17) is 4.74 Å². The first-order valence-electron chi connectivity index (χ1n) is 11.1. The first-order chi connectivity index (χ1) is 14.6. The molecule has 0 bridgehead atoms. The second kappa shape index (κ2) is 8.97. The van der Waals surface area contributed by atoms with Gasteiger partial charge in [0.15, 0.2) is 11.6 Å². The number of fused-ring (bicyclic) bond motifs is 4. The van der Waals surface area contributed by atoms with Gasteiger partial charge in [0.25, 0.3) is 0 Å². The lowest BCUT2D eigenvalue weighted by molar-refractivity contribution is -0.000770. The molecule has 1 nitrogen and oxygen atoms in total. The summed E-state index contributed by atoms with van der Waals surface area (Å²) in [5, 5.41) is 0.